The molecule has 0 aliphatic carbocycles. The number of hydrogen-bond acceptors (Lipinski definition) is 4. The molecule has 6 heteroatoms. The van der Waals surface area contributed by atoms with Gasteiger partial charge < -0.3 is 14.5 Å². The number of amides is 1. The zero-order valence-electron chi connectivity index (χ0n) is 17.6. The van der Waals surface area contributed by atoms with Gasteiger partial charge in [-0.25, -0.2) is 0 Å². The zero-order chi connectivity index (χ0) is 21.6. The minimum atomic E-state index is -0.170. The van der Waals surface area contributed by atoms with E-state index in [1.807, 2.05) is 73.7 Å². The van der Waals surface area contributed by atoms with Crippen LogP contribution < -0.4 is 10.1 Å². The summed E-state index contributed by atoms with van der Waals surface area (Å²) in [4.78, 5) is 13.2. The van der Waals surface area contributed by atoms with E-state index in [0.29, 0.717) is 30.0 Å². The topological polar surface area (TPSA) is 69.3 Å². The predicted molar refractivity (Wildman–Crippen MR) is 119 cm³/mol. The summed E-state index contributed by atoms with van der Waals surface area (Å²) in [5, 5.41) is 7.80. The lowest BCUT2D eigenvalue weighted by Gasteiger charge is -2.12. The van der Waals surface area contributed by atoms with Gasteiger partial charge in [0.1, 0.15) is 17.2 Å². The number of rotatable bonds is 8. The van der Waals surface area contributed by atoms with Gasteiger partial charge in [-0.05, 0) is 36.8 Å². The molecule has 0 saturated heterocycles. The number of aromatic nitrogens is 2. The molecular formula is C25H25N3O3. The summed E-state index contributed by atoms with van der Waals surface area (Å²) in [7, 11) is 1.62. The Hall–Kier alpha value is -3.80. The number of furan rings is 1. The van der Waals surface area contributed by atoms with E-state index in [9.17, 15) is 4.79 Å². The minimum Gasteiger partial charge on any atom is -0.497 e. The standard InChI is InChI=1S/C25H25N3O3/c1-18(14-22-12-7-13-31-22)26-25(29)23-17-28(16-19-8-4-3-5-9-19)27-24(23)20-10-6-11-21(15-20)30-2/h3-13,15,17-18H,14,16H2,1-2H3,(H,26,29). The zero-order valence-corrected chi connectivity index (χ0v) is 17.6. The van der Waals surface area contributed by atoms with E-state index in [-0.39, 0.29) is 11.9 Å². The lowest BCUT2D eigenvalue weighted by molar-refractivity contribution is 0.0940. The van der Waals surface area contributed by atoms with Gasteiger partial charge in [-0.2, -0.15) is 5.10 Å². The number of nitrogens with zero attached hydrogens (tertiary/aromatic N) is 2. The summed E-state index contributed by atoms with van der Waals surface area (Å²) in [5.41, 5.74) is 3.09. The fourth-order valence-corrected chi connectivity index (χ4v) is 3.51. The predicted octanol–water partition coefficient (Wildman–Crippen LogP) is 4.56. The molecular weight excluding hydrogens is 390 g/mol. The fourth-order valence-electron chi connectivity index (χ4n) is 3.51. The molecule has 0 aliphatic heterocycles. The Morgan fingerprint density at radius 1 is 1.13 bits per heavy atom. The summed E-state index contributed by atoms with van der Waals surface area (Å²) in [6, 6.07) is 21.3. The monoisotopic (exact) mass is 415 g/mol. The number of ether oxygens (including phenoxy) is 1. The van der Waals surface area contributed by atoms with Crippen molar-refractivity contribution in [3.63, 3.8) is 0 Å². The van der Waals surface area contributed by atoms with E-state index in [2.05, 4.69) is 5.32 Å². The van der Waals surface area contributed by atoms with Crippen LogP contribution in [0.4, 0.5) is 0 Å². The van der Waals surface area contributed by atoms with Crippen molar-refractivity contribution >= 4 is 5.91 Å². The van der Waals surface area contributed by atoms with Crippen LogP contribution in [-0.4, -0.2) is 28.8 Å². The molecule has 0 radical (unpaired) electrons. The average Bonchev–Trinajstić information content (AvgIpc) is 3.44. The first-order valence-electron chi connectivity index (χ1n) is 10.2. The largest absolute Gasteiger partial charge is 0.497 e. The third-order valence-corrected chi connectivity index (χ3v) is 5.00. The summed E-state index contributed by atoms with van der Waals surface area (Å²) in [5.74, 6) is 1.38. The lowest BCUT2D eigenvalue weighted by atomic mass is 10.1. The molecule has 0 saturated carbocycles. The van der Waals surface area contributed by atoms with Crippen molar-refractivity contribution in [2.75, 3.05) is 7.11 Å². The van der Waals surface area contributed by atoms with Gasteiger partial charge >= 0.3 is 0 Å². The number of methoxy groups -OCH3 is 1. The van der Waals surface area contributed by atoms with Crippen LogP contribution in [0, 0.1) is 0 Å². The molecule has 0 fully saturated rings. The Bertz CT molecular complexity index is 1130. The van der Waals surface area contributed by atoms with Crippen molar-refractivity contribution in [2.45, 2.75) is 25.9 Å². The first-order valence-corrected chi connectivity index (χ1v) is 10.2. The third kappa shape index (κ3) is 5.04. The summed E-state index contributed by atoms with van der Waals surface area (Å²) >= 11 is 0. The van der Waals surface area contributed by atoms with Crippen molar-refractivity contribution in [2.24, 2.45) is 0 Å². The Morgan fingerprint density at radius 2 is 1.97 bits per heavy atom. The molecule has 2 aromatic carbocycles. The smallest absolute Gasteiger partial charge is 0.255 e. The van der Waals surface area contributed by atoms with E-state index in [0.717, 1.165) is 16.9 Å². The molecule has 2 heterocycles. The number of carbonyl (C=O) groups is 1. The number of benzene rings is 2. The molecule has 4 rings (SSSR count). The maximum atomic E-state index is 13.2. The second-order valence-corrected chi connectivity index (χ2v) is 7.46. The van der Waals surface area contributed by atoms with Gasteiger partial charge in [-0.3, -0.25) is 9.48 Å². The fraction of sp³-hybridized carbons (Fsp3) is 0.200. The van der Waals surface area contributed by atoms with Crippen LogP contribution in [0.2, 0.25) is 0 Å². The molecule has 1 atom stereocenters. The van der Waals surface area contributed by atoms with E-state index in [1.165, 1.54) is 0 Å². The normalized spacial score (nSPS) is 11.8. The van der Waals surface area contributed by atoms with Crippen LogP contribution in [-0.2, 0) is 13.0 Å². The Balaban J connectivity index is 1.62. The van der Waals surface area contributed by atoms with Gasteiger partial charge in [-0.1, -0.05) is 42.5 Å². The maximum absolute atomic E-state index is 13.2. The second-order valence-electron chi connectivity index (χ2n) is 7.46. The molecule has 31 heavy (non-hydrogen) atoms. The average molecular weight is 415 g/mol. The molecule has 0 aliphatic rings. The van der Waals surface area contributed by atoms with Crippen molar-refractivity contribution in [3.8, 4) is 17.0 Å². The van der Waals surface area contributed by atoms with Crippen molar-refractivity contribution in [1.29, 1.82) is 0 Å². The third-order valence-electron chi connectivity index (χ3n) is 5.00. The summed E-state index contributed by atoms with van der Waals surface area (Å²) < 4.78 is 12.6. The molecule has 0 bridgehead atoms. The van der Waals surface area contributed by atoms with Crippen LogP contribution in [0.3, 0.4) is 0 Å². The summed E-state index contributed by atoms with van der Waals surface area (Å²) in [6.07, 6.45) is 4.06. The summed E-state index contributed by atoms with van der Waals surface area (Å²) in [6.45, 7) is 2.53. The highest BCUT2D eigenvalue weighted by Gasteiger charge is 2.20. The van der Waals surface area contributed by atoms with E-state index < -0.39 is 0 Å². The molecule has 2 aromatic heterocycles. The van der Waals surface area contributed by atoms with Gasteiger partial charge in [0, 0.05) is 24.2 Å². The molecule has 1 N–H and O–H groups in total. The van der Waals surface area contributed by atoms with Gasteiger partial charge in [0.25, 0.3) is 5.91 Å². The van der Waals surface area contributed by atoms with Crippen molar-refractivity contribution in [3.05, 3.63) is 96.1 Å². The van der Waals surface area contributed by atoms with E-state index in [1.54, 1.807) is 24.3 Å². The quantitative estimate of drug-likeness (QED) is 0.458. The highest BCUT2D eigenvalue weighted by molar-refractivity contribution is 6.00. The van der Waals surface area contributed by atoms with E-state index in [4.69, 9.17) is 14.3 Å². The number of nitrogens with one attached hydrogen (secondary N) is 1. The Kier molecular flexibility index (Phi) is 6.17. The molecule has 158 valence electrons. The van der Waals surface area contributed by atoms with Crippen LogP contribution in [0.1, 0.15) is 28.6 Å². The van der Waals surface area contributed by atoms with Crippen LogP contribution in [0.25, 0.3) is 11.3 Å². The van der Waals surface area contributed by atoms with Gasteiger partial charge in [0.05, 0.1) is 25.5 Å². The van der Waals surface area contributed by atoms with Crippen molar-refractivity contribution < 1.29 is 13.9 Å². The van der Waals surface area contributed by atoms with Crippen LogP contribution in [0.15, 0.2) is 83.6 Å². The van der Waals surface area contributed by atoms with Crippen LogP contribution in [0.5, 0.6) is 5.75 Å². The lowest BCUT2D eigenvalue weighted by Crippen LogP contribution is -2.34. The second kappa shape index (κ2) is 9.34. The maximum Gasteiger partial charge on any atom is 0.255 e. The number of hydrogen-bond donors (Lipinski definition) is 1. The van der Waals surface area contributed by atoms with Crippen molar-refractivity contribution in [1.82, 2.24) is 15.1 Å². The molecule has 1 amide bonds. The highest BCUT2D eigenvalue weighted by atomic mass is 16.5. The van der Waals surface area contributed by atoms with Crippen LogP contribution >= 0.6 is 0 Å². The minimum absolute atomic E-state index is 0.0886. The first-order chi connectivity index (χ1) is 15.1. The SMILES string of the molecule is COc1cccc(-c2nn(Cc3ccccc3)cc2C(=O)NC(C)Cc2ccco2)c1. The first kappa shape index (κ1) is 20.5. The molecule has 6 nitrogen and oxygen atoms in total. The Morgan fingerprint density at radius 3 is 2.71 bits per heavy atom. The van der Waals surface area contributed by atoms with Gasteiger partial charge in [-0.15, -0.1) is 0 Å². The molecule has 1 unspecified atom stereocenters. The van der Waals surface area contributed by atoms with E-state index >= 15 is 0 Å². The highest BCUT2D eigenvalue weighted by Crippen LogP contribution is 2.26. The van der Waals surface area contributed by atoms with Gasteiger partial charge in [0.15, 0.2) is 0 Å². The van der Waals surface area contributed by atoms with Gasteiger partial charge in [0.2, 0.25) is 0 Å². The molecule has 4 aromatic rings. The molecule has 0 spiro atoms. The Labute approximate surface area is 181 Å². The number of carbonyl (C=O) groups excluding carboxylic acids is 1.